The maximum Gasteiger partial charge on any atom is 0.323 e. The third-order valence-electron chi connectivity index (χ3n) is 3.67. The molecule has 1 atom stereocenters. The van der Waals surface area contributed by atoms with Gasteiger partial charge >= 0.3 is 5.97 Å². The van der Waals surface area contributed by atoms with Gasteiger partial charge in [-0.15, -0.1) is 0 Å². The first kappa shape index (κ1) is 21.4. The van der Waals surface area contributed by atoms with Gasteiger partial charge in [0.15, 0.2) is 5.96 Å². The first-order valence-corrected chi connectivity index (χ1v) is 8.36. The van der Waals surface area contributed by atoms with Crippen molar-refractivity contribution in [3.63, 3.8) is 0 Å². The SMILES string of the molecule is CCC(O)CCCCCCCCC(=O)NC(=N)N(C)CC(=O)O. The van der Waals surface area contributed by atoms with Crippen LogP contribution >= 0.6 is 0 Å². The Morgan fingerprint density at radius 1 is 1.13 bits per heavy atom. The van der Waals surface area contributed by atoms with Crippen LogP contribution < -0.4 is 5.32 Å². The Kier molecular flexibility index (Phi) is 12.0. The summed E-state index contributed by atoms with van der Waals surface area (Å²) < 4.78 is 0. The fourth-order valence-electron chi connectivity index (χ4n) is 2.15. The van der Waals surface area contributed by atoms with Gasteiger partial charge in [-0.05, 0) is 19.3 Å². The molecule has 1 amide bonds. The predicted molar refractivity (Wildman–Crippen MR) is 89.4 cm³/mol. The molecule has 4 N–H and O–H groups in total. The van der Waals surface area contributed by atoms with Crippen molar-refractivity contribution in [2.75, 3.05) is 13.6 Å². The molecule has 0 bridgehead atoms. The van der Waals surface area contributed by atoms with E-state index in [0.717, 1.165) is 51.4 Å². The zero-order valence-electron chi connectivity index (χ0n) is 14.3. The Morgan fingerprint density at radius 3 is 2.26 bits per heavy atom. The minimum absolute atomic E-state index is 0.173. The maximum atomic E-state index is 11.6. The number of unbranched alkanes of at least 4 members (excludes halogenated alkanes) is 5. The highest BCUT2D eigenvalue weighted by Gasteiger charge is 2.11. The maximum absolute atomic E-state index is 11.6. The van der Waals surface area contributed by atoms with Crippen LogP contribution in [0.15, 0.2) is 0 Å². The Bertz CT molecular complexity index is 374. The van der Waals surface area contributed by atoms with Crippen molar-refractivity contribution < 1.29 is 19.8 Å². The molecular weight excluding hydrogens is 298 g/mol. The second kappa shape index (κ2) is 12.9. The molecule has 1 unspecified atom stereocenters. The molecule has 0 saturated carbocycles. The van der Waals surface area contributed by atoms with E-state index < -0.39 is 5.97 Å². The largest absolute Gasteiger partial charge is 0.480 e. The number of likely N-dealkylation sites (N-methyl/N-ethyl adjacent to an activating group) is 1. The van der Waals surface area contributed by atoms with Gasteiger partial charge in [0.25, 0.3) is 0 Å². The number of carbonyl (C=O) groups excluding carboxylic acids is 1. The van der Waals surface area contributed by atoms with E-state index in [-0.39, 0.29) is 24.5 Å². The molecule has 0 spiro atoms. The van der Waals surface area contributed by atoms with E-state index in [1.807, 2.05) is 6.92 Å². The summed E-state index contributed by atoms with van der Waals surface area (Å²) in [5.74, 6) is -1.48. The van der Waals surface area contributed by atoms with Crippen LogP contribution in [0.2, 0.25) is 0 Å². The zero-order valence-corrected chi connectivity index (χ0v) is 14.3. The third kappa shape index (κ3) is 12.6. The van der Waals surface area contributed by atoms with Gasteiger partial charge in [-0.3, -0.25) is 20.3 Å². The molecule has 7 heteroatoms. The summed E-state index contributed by atoms with van der Waals surface area (Å²) in [6.45, 7) is 1.67. The molecular formula is C16H31N3O4. The average Bonchev–Trinajstić information content (AvgIpc) is 2.48. The first-order valence-electron chi connectivity index (χ1n) is 8.36. The lowest BCUT2D eigenvalue weighted by Crippen LogP contribution is -2.43. The van der Waals surface area contributed by atoms with E-state index in [2.05, 4.69) is 5.32 Å². The van der Waals surface area contributed by atoms with Crippen LogP contribution in [0.3, 0.4) is 0 Å². The van der Waals surface area contributed by atoms with Crippen molar-refractivity contribution in [2.24, 2.45) is 0 Å². The molecule has 0 aliphatic carbocycles. The van der Waals surface area contributed by atoms with E-state index in [0.29, 0.717) is 6.42 Å². The number of hydrogen-bond acceptors (Lipinski definition) is 4. The van der Waals surface area contributed by atoms with Gasteiger partial charge in [0, 0.05) is 13.5 Å². The quantitative estimate of drug-likeness (QED) is 0.248. The van der Waals surface area contributed by atoms with Crippen LogP contribution in [0.5, 0.6) is 0 Å². The Balaban J connectivity index is 3.56. The van der Waals surface area contributed by atoms with Crippen molar-refractivity contribution in [2.45, 2.75) is 70.8 Å². The van der Waals surface area contributed by atoms with Crippen LogP contribution in [0.1, 0.15) is 64.7 Å². The number of aliphatic hydroxyl groups excluding tert-OH is 1. The van der Waals surface area contributed by atoms with Gasteiger partial charge in [-0.25, -0.2) is 0 Å². The number of aliphatic hydroxyl groups is 1. The molecule has 0 fully saturated rings. The minimum atomic E-state index is -1.04. The topological polar surface area (TPSA) is 114 Å². The fourth-order valence-corrected chi connectivity index (χ4v) is 2.15. The number of hydrogen-bond donors (Lipinski definition) is 4. The molecule has 0 heterocycles. The summed E-state index contributed by atoms with van der Waals surface area (Å²) in [4.78, 5) is 23.3. The summed E-state index contributed by atoms with van der Waals surface area (Å²) in [5.41, 5.74) is 0. The molecule has 0 aliphatic rings. The Labute approximate surface area is 138 Å². The van der Waals surface area contributed by atoms with E-state index in [4.69, 9.17) is 10.5 Å². The van der Waals surface area contributed by atoms with Gasteiger partial charge in [-0.2, -0.15) is 0 Å². The number of rotatable bonds is 12. The molecule has 0 radical (unpaired) electrons. The monoisotopic (exact) mass is 329 g/mol. The molecule has 0 rings (SSSR count). The van der Waals surface area contributed by atoms with E-state index >= 15 is 0 Å². The highest BCUT2D eigenvalue weighted by molar-refractivity contribution is 5.96. The number of carboxylic acids is 1. The lowest BCUT2D eigenvalue weighted by atomic mass is 10.1. The number of nitrogens with zero attached hydrogens (tertiary/aromatic N) is 1. The Hall–Kier alpha value is -1.63. The average molecular weight is 329 g/mol. The minimum Gasteiger partial charge on any atom is -0.480 e. The summed E-state index contributed by atoms with van der Waals surface area (Å²) >= 11 is 0. The Morgan fingerprint density at radius 2 is 1.70 bits per heavy atom. The zero-order chi connectivity index (χ0) is 17.7. The molecule has 0 aromatic carbocycles. The highest BCUT2D eigenvalue weighted by Crippen LogP contribution is 2.10. The molecule has 7 nitrogen and oxygen atoms in total. The molecule has 23 heavy (non-hydrogen) atoms. The van der Waals surface area contributed by atoms with Gasteiger partial charge in [0.05, 0.1) is 6.10 Å². The molecule has 0 aromatic heterocycles. The number of guanidine groups is 1. The number of aliphatic carboxylic acids is 1. The summed E-state index contributed by atoms with van der Waals surface area (Å²) in [6, 6.07) is 0. The van der Waals surface area contributed by atoms with Crippen LogP contribution in [-0.4, -0.2) is 52.6 Å². The van der Waals surface area contributed by atoms with Gasteiger partial charge < -0.3 is 15.1 Å². The van der Waals surface area contributed by atoms with Crippen molar-refractivity contribution >= 4 is 17.8 Å². The number of carbonyl (C=O) groups is 2. The van der Waals surface area contributed by atoms with Gasteiger partial charge in [-0.1, -0.05) is 39.0 Å². The van der Waals surface area contributed by atoms with Crippen molar-refractivity contribution in [3.05, 3.63) is 0 Å². The van der Waals surface area contributed by atoms with Gasteiger partial charge in [0.1, 0.15) is 6.54 Å². The van der Waals surface area contributed by atoms with Crippen LogP contribution in [-0.2, 0) is 9.59 Å². The molecule has 0 aromatic rings. The predicted octanol–water partition coefficient (Wildman–Crippen LogP) is 1.95. The lowest BCUT2D eigenvalue weighted by molar-refractivity contribution is -0.137. The third-order valence-corrected chi connectivity index (χ3v) is 3.67. The van der Waals surface area contributed by atoms with E-state index in [1.54, 1.807) is 0 Å². The second-order valence-corrected chi connectivity index (χ2v) is 5.87. The standard InChI is InChI=1S/C16H31N3O4/c1-3-13(20)10-8-6-4-5-7-9-11-14(21)18-16(17)19(2)12-15(22)23/h13,20H,3-12H2,1-2H3,(H,22,23)(H2,17,18,21). The summed E-state index contributed by atoms with van der Waals surface area (Å²) in [6.07, 6.45) is 7.89. The normalized spacial score (nSPS) is 11.8. The molecule has 134 valence electrons. The summed E-state index contributed by atoms with van der Waals surface area (Å²) in [7, 11) is 1.45. The van der Waals surface area contributed by atoms with Crippen molar-refractivity contribution in [1.29, 1.82) is 5.41 Å². The van der Waals surface area contributed by atoms with E-state index in [9.17, 15) is 14.7 Å². The molecule has 0 aliphatic heterocycles. The van der Waals surface area contributed by atoms with Crippen LogP contribution in [0.4, 0.5) is 0 Å². The van der Waals surface area contributed by atoms with E-state index in [1.165, 1.54) is 11.9 Å². The number of nitrogens with one attached hydrogen (secondary N) is 2. The smallest absolute Gasteiger partial charge is 0.323 e. The number of carboxylic acid groups (broad SMARTS) is 1. The molecule has 0 saturated heterocycles. The van der Waals surface area contributed by atoms with Crippen molar-refractivity contribution in [3.8, 4) is 0 Å². The lowest BCUT2D eigenvalue weighted by Gasteiger charge is -2.17. The van der Waals surface area contributed by atoms with Crippen molar-refractivity contribution in [1.82, 2.24) is 10.2 Å². The van der Waals surface area contributed by atoms with Gasteiger partial charge in [0.2, 0.25) is 5.91 Å². The fraction of sp³-hybridized carbons (Fsp3) is 0.812. The highest BCUT2D eigenvalue weighted by atomic mass is 16.4. The summed E-state index contributed by atoms with van der Waals surface area (Å²) in [5, 5.41) is 28.0. The second-order valence-electron chi connectivity index (χ2n) is 5.87. The first-order chi connectivity index (χ1) is 10.9. The number of amides is 1. The van der Waals surface area contributed by atoms with Crippen LogP contribution in [0.25, 0.3) is 0 Å². The van der Waals surface area contributed by atoms with Crippen LogP contribution in [0, 0.1) is 5.41 Å².